The summed E-state index contributed by atoms with van der Waals surface area (Å²) in [5.74, 6) is 1.65. The van der Waals surface area contributed by atoms with Gasteiger partial charge in [0.2, 0.25) is 0 Å². The summed E-state index contributed by atoms with van der Waals surface area (Å²) in [7, 11) is 3.12. The van der Waals surface area contributed by atoms with Crippen molar-refractivity contribution in [1.82, 2.24) is 0 Å². The molecule has 0 radical (unpaired) electrons. The van der Waals surface area contributed by atoms with E-state index in [0.717, 1.165) is 14.7 Å². The number of carbonyl (C=O) groups is 1. The highest BCUT2D eigenvalue weighted by Gasteiger charge is 2.12. The summed E-state index contributed by atoms with van der Waals surface area (Å²) in [6.07, 6.45) is 3.22. The molecule has 0 atom stereocenters. The maximum atomic E-state index is 12.4. The molecular formula is C24H20INO6. The number of hydrogen-bond donors (Lipinski definition) is 0. The lowest BCUT2D eigenvalue weighted by Crippen LogP contribution is -2.00. The van der Waals surface area contributed by atoms with Crippen molar-refractivity contribution < 1.29 is 23.9 Å². The lowest BCUT2D eigenvalue weighted by atomic mass is 10.1. The molecule has 0 fully saturated rings. The van der Waals surface area contributed by atoms with Crippen molar-refractivity contribution in [2.45, 2.75) is 6.61 Å². The maximum Gasteiger partial charge on any atom is 0.269 e. The van der Waals surface area contributed by atoms with Gasteiger partial charge in [0.1, 0.15) is 12.4 Å². The van der Waals surface area contributed by atoms with Gasteiger partial charge in [-0.1, -0.05) is 6.08 Å². The predicted molar refractivity (Wildman–Crippen MR) is 129 cm³/mol. The molecule has 0 unspecified atom stereocenters. The molecule has 0 aromatic heterocycles. The van der Waals surface area contributed by atoms with Gasteiger partial charge in [0, 0.05) is 17.7 Å². The number of rotatable bonds is 9. The molecule has 0 heterocycles. The second-order valence-electron chi connectivity index (χ2n) is 6.67. The summed E-state index contributed by atoms with van der Waals surface area (Å²) in [5.41, 5.74) is 2.17. The molecule has 0 spiro atoms. The Balaban J connectivity index is 1.72. The number of hydrogen-bond acceptors (Lipinski definition) is 6. The van der Waals surface area contributed by atoms with Gasteiger partial charge in [0.05, 0.1) is 22.7 Å². The van der Waals surface area contributed by atoms with E-state index < -0.39 is 4.92 Å². The van der Waals surface area contributed by atoms with Gasteiger partial charge in [-0.3, -0.25) is 14.9 Å². The van der Waals surface area contributed by atoms with Crippen molar-refractivity contribution in [2.24, 2.45) is 0 Å². The fourth-order valence-corrected chi connectivity index (χ4v) is 3.65. The Labute approximate surface area is 198 Å². The average Bonchev–Trinajstić information content (AvgIpc) is 2.81. The summed E-state index contributed by atoms with van der Waals surface area (Å²) in [6, 6.07) is 16.8. The Hall–Kier alpha value is -3.40. The van der Waals surface area contributed by atoms with Crippen LogP contribution in [0.4, 0.5) is 5.69 Å². The third-order valence-corrected chi connectivity index (χ3v) is 5.39. The zero-order chi connectivity index (χ0) is 23.1. The van der Waals surface area contributed by atoms with Crippen LogP contribution in [0, 0.1) is 13.7 Å². The van der Waals surface area contributed by atoms with Crippen molar-refractivity contribution in [2.75, 3.05) is 14.2 Å². The first-order valence-corrected chi connectivity index (χ1v) is 10.6. The van der Waals surface area contributed by atoms with E-state index in [4.69, 9.17) is 14.2 Å². The normalized spacial score (nSPS) is 10.7. The van der Waals surface area contributed by atoms with Crippen LogP contribution in [-0.4, -0.2) is 24.9 Å². The summed E-state index contributed by atoms with van der Waals surface area (Å²) < 4.78 is 17.3. The highest BCUT2D eigenvalue weighted by molar-refractivity contribution is 14.1. The van der Waals surface area contributed by atoms with Crippen molar-refractivity contribution in [3.05, 3.63) is 97.1 Å². The topological polar surface area (TPSA) is 87.9 Å². The van der Waals surface area contributed by atoms with E-state index >= 15 is 0 Å². The highest BCUT2D eigenvalue weighted by atomic mass is 127. The summed E-state index contributed by atoms with van der Waals surface area (Å²) in [4.78, 5) is 22.8. The van der Waals surface area contributed by atoms with Gasteiger partial charge in [0.25, 0.3) is 5.69 Å². The number of nitro benzene ring substituents is 1. The molecule has 164 valence electrons. The number of ketones is 1. The number of nitrogens with zero attached hydrogens (tertiary/aromatic N) is 1. The smallest absolute Gasteiger partial charge is 0.269 e. The number of ether oxygens (including phenoxy) is 3. The molecule has 0 N–H and O–H groups in total. The SMILES string of the molecule is COc1ccc(C(=O)/C=C/c2cc(I)c(OCc3ccc([N+](=O)[O-])cc3)c(OC)c2)cc1. The Bertz CT molecular complexity index is 1140. The summed E-state index contributed by atoms with van der Waals surface area (Å²) >= 11 is 2.14. The van der Waals surface area contributed by atoms with E-state index in [1.807, 2.05) is 6.07 Å². The van der Waals surface area contributed by atoms with Crippen molar-refractivity contribution >= 4 is 40.1 Å². The number of carbonyl (C=O) groups excluding carboxylic acids is 1. The molecular weight excluding hydrogens is 525 g/mol. The van der Waals surface area contributed by atoms with Gasteiger partial charge in [-0.25, -0.2) is 0 Å². The average molecular weight is 545 g/mol. The van der Waals surface area contributed by atoms with Crippen LogP contribution in [0.1, 0.15) is 21.5 Å². The van der Waals surface area contributed by atoms with Gasteiger partial charge >= 0.3 is 0 Å². The van der Waals surface area contributed by atoms with Crippen LogP contribution < -0.4 is 14.2 Å². The largest absolute Gasteiger partial charge is 0.497 e. The standard InChI is InChI=1S/C24H20INO6/c1-30-20-10-6-18(7-11-20)22(27)12-5-17-13-21(25)24(23(14-17)31-2)32-15-16-3-8-19(9-4-16)26(28)29/h3-14H,15H2,1-2H3/b12-5+. The van der Waals surface area contributed by atoms with E-state index in [1.165, 1.54) is 18.2 Å². The molecule has 0 aliphatic carbocycles. The molecule has 0 bridgehead atoms. The minimum absolute atomic E-state index is 0.0289. The van der Waals surface area contributed by atoms with Crippen LogP contribution >= 0.6 is 22.6 Å². The number of non-ortho nitro benzene ring substituents is 1. The quantitative estimate of drug-likeness (QED) is 0.113. The summed E-state index contributed by atoms with van der Waals surface area (Å²) in [5, 5.41) is 10.8. The second kappa shape index (κ2) is 10.8. The van der Waals surface area contributed by atoms with Crippen molar-refractivity contribution in [3.8, 4) is 17.2 Å². The molecule has 0 saturated heterocycles. The minimum atomic E-state index is -0.442. The van der Waals surface area contributed by atoms with Crippen molar-refractivity contribution in [1.29, 1.82) is 0 Å². The molecule has 3 rings (SSSR count). The Kier molecular flexibility index (Phi) is 7.82. The van der Waals surface area contributed by atoms with E-state index in [-0.39, 0.29) is 18.1 Å². The highest BCUT2D eigenvalue weighted by Crippen LogP contribution is 2.35. The van der Waals surface area contributed by atoms with Crippen molar-refractivity contribution in [3.63, 3.8) is 0 Å². The van der Waals surface area contributed by atoms with Gasteiger partial charge in [-0.05, 0) is 88.3 Å². The van der Waals surface area contributed by atoms with Crippen LogP contribution in [0.15, 0.2) is 66.7 Å². The number of allylic oxidation sites excluding steroid dienone is 1. The molecule has 8 heteroatoms. The van der Waals surface area contributed by atoms with Gasteiger partial charge < -0.3 is 14.2 Å². The first kappa shape index (κ1) is 23.3. The van der Waals surface area contributed by atoms with Gasteiger partial charge in [0.15, 0.2) is 17.3 Å². The number of nitro groups is 1. The fraction of sp³-hybridized carbons (Fsp3) is 0.125. The molecule has 3 aromatic rings. The molecule has 0 amide bonds. The Morgan fingerprint density at radius 1 is 1.03 bits per heavy atom. The minimum Gasteiger partial charge on any atom is -0.497 e. The number of halogens is 1. The van der Waals surface area contributed by atoms with Crippen LogP contribution in [0.25, 0.3) is 6.08 Å². The number of benzene rings is 3. The Morgan fingerprint density at radius 3 is 2.31 bits per heavy atom. The lowest BCUT2D eigenvalue weighted by Gasteiger charge is -2.13. The molecule has 0 aliphatic rings. The van der Waals surface area contributed by atoms with E-state index in [1.54, 1.807) is 62.8 Å². The molecule has 32 heavy (non-hydrogen) atoms. The van der Waals surface area contributed by atoms with Gasteiger partial charge in [-0.2, -0.15) is 0 Å². The van der Waals surface area contributed by atoms with Gasteiger partial charge in [-0.15, -0.1) is 0 Å². The molecule has 3 aromatic carbocycles. The molecule has 7 nitrogen and oxygen atoms in total. The molecule has 0 aliphatic heterocycles. The van der Waals surface area contributed by atoms with Crippen LogP contribution in [-0.2, 0) is 6.61 Å². The third kappa shape index (κ3) is 5.85. The first-order valence-electron chi connectivity index (χ1n) is 9.51. The third-order valence-electron chi connectivity index (χ3n) is 4.58. The zero-order valence-electron chi connectivity index (χ0n) is 17.4. The van der Waals surface area contributed by atoms with E-state index in [0.29, 0.717) is 22.8 Å². The maximum absolute atomic E-state index is 12.4. The van der Waals surface area contributed by atoms with Crippen LogP contribution in [0.3, 0.4) is 0 Å². The Morgan fingerprint density at radius 2 is 1.72 bits per heavy atom. The lowest BCUT2D eigenvalue weighted by molar-refractivity contribution is -0.384. The van der Waals surface area contributed by atoms with E-state index in [2.05, 4.69) is 22.6 Å². The predicted octanol–water partition coefficient (Wildman–Crippen LogP) is 5.69. The fourth-order valence-electron chi connectivity index (χ4n) is 2.87. The van der Waals surface area contributed by atoms with Crippen LogP contribution in [0.5, 0.6) is 17.2 Å². The van der Waals surface area contributed by atoms with E-state index in [9.17, 15) is 14.9 Å². The van der Waals surface area contributed by atoms with Crippen LogP contribution in [0.2, 0.25) is 0 Å². The first-order chi connectivity index (χ1) is 15.4. The summed E-state index contributed by atoms with van der Waals surface area (Å²) in [6.45, 7) is 0.232. The molecule has 0 saturated carbocycles. The zero-order valence-corrected chi connectivity index (χ0v) is 19.6. The monoisotopic (exact) mass is 545 g/mol. The second-order valence-corrected chi connectivity index (χ2v) is 7.83. The number of methoxy groups -OCH3 is 2.